The molecule has 0 fully saturated rings. The van der Waals surface area contributed by atoms with Crippen LogP contribution in [0.4, 0.5) is 17.1 Å². The van der Waals surface area contributed by atoms with E-state index in [-0.39, 0.29) is 0 Å². The summed E-state index contributed by atoms with van der Waals surface area (Å²) in [6, 6.07) is 68.0. The standard InChI is InChI=1S/C48H35N5Si/c1-5-17-38(18-6-1)51-32-30-49-47(51)36-16-15-25-42(34-36)54(41-23-11-4-12-24-41)45-27-14-13-26-43(45)53(40-21-9-3-10-22-40)44-29-28-37(35-46(44)54)48-50-31-33-52(48)39-19-7-2-8-20-39/h1-35H. The van der Waals surface area contributed by atoms with Crippen molar-refractivity contribution in [2.24, 2.45) is 0 Å². The molecule has 9 aromatic rings. The molecule has 0 saturated carbocycles. The summed E-state index contributed by atoms with van der Waals surface area (Å²) in [4.78, 5) is 12.3. The van der Waals surface area contributed by atoms with Gasteiger partial charge in [0, 0.05) is 64.4 Å². The average Bonchev–Trinajstić information content (AvgIpc) is 3.96. The van der Waals surface area contributed by atoms with Crippen molar-refractivity contribution in [1.82, 2.24) is 19.1 Å². The first kappa shape index (κ1) is 31.7. The Labute approximate surface area is 315 Å². The molecule has 1 aliphatic rings. The summed E-state index contributed by atoms with van der Waals surface area (Å²) in [6.45, 7) is 0. The van der Waals surface area contributed by atoms with Gasteiger partial charge in [-0.25, -0.2) is 9.97 Å². The Morgan fingerprint density at radius 3 is 1.50 bits per heavy atom. The molecule has 5 nitrogen and oxygen atoms in total. The maximum absolute atomic E-state index is 4.97. The molecule has 256 valence electrons. The van der Waals surface area contributed by atoms with Crippen LogP contribution >= 0.6 is 0 Å². The van der Waals surface area contributed by atoms with Crippen molar-refractivity contribution < 1.29 is 0 Å². The smallest absolute Gasteiger partial charge is 0.184 e. The van der Waals surface area contributed by atoms with Gasteiger partial charge >= 0.3 is 0 Å². The highest BCUT2D eigenvalue weighted by atomic mass is 28.3. The van der Waals surface area contributed by atoms with Crippen LogP contribution in [0.3, 0.4) is 0 Å². The number of para-hydroxylation sites is 4. The average molecular weight is 710 g/mol. The molecule has 0 N–H and O–H groups in total. The van der Waals surface area contributed by atoms with E-state index in [9.17, 15) is 0 Å². The Morgan fingerprint density at radius 2 is 0.870 bits per heavy atom. The van der Waals surface area contributed by atoms with Crippen LogP contribution in [0.2, 0.25) is 0 Å². The highest BCUT2D eigenvalue weighted by molar-refractivity contribution is 7.21. The molecule has 54 heavy (non-hydrogen) atoms. The number of anilines is 3. The second kappa shape index (κ2) is 13.2. The van der Waals surface area contributed by atoms with E-state index in [1.165, 1.54) is 32.1 Å². The molecule has 0 spiro atoms. The van der Waals surface area contributed by atoms with Crippen LogP contribution in [0.5, 0.6) is 0 Å². The highest BCUT2D eigenvalue weighted by Gasteiger charge is 2.49. The molecule has 0 bridgehead atoms. The van der Waals surface area contributed by atoms with Crippen molar-refractivity contribution in [3.63, 3.8) is 0 Å². The minimum absolute atomic E-state index is 0.906. The SMILES string of the molecule is c1ccc(N2c3ccccc3[Si](c3ccccc3)(c3cccc(-c4nccn4-c4ccccc4)c3)c3cc(-c4nccn4-c4ccccc4)ccc32)cc1. The quantitative estimate of drug-likeness (QED) is 0.156. The number of aromatic nitrogens is 4. The zero-order valence-corrected chi connectivity index (χ0v) is 30.4. The lowest BCUT2D eigenvalue weighted by Crippen LogP contribution is -2.77. The van der Waals surface area contributed by atoms with Gasteiger partial charge in [0.15, 0.2) is 8.07 Å². The number of nitrogens with zero attached hydrogens (tertiary/aromatic N) is 5. The lowest BCUT2D eigenvalue weighted by molar-refractivity contribution is 1.07. The second-order valence-electron chi connectivity index (χ2n) is 13.5. The molecule has 6 heteroatoms. The molecular weight excluding hydrogens is 675 g/mol. The summed E-state index contributed by atoms with van der Waals surface area (Å²) in [5.41, 5.74) is 7.79. The van der Waals surface area contributed by atoms with Gasteiger partial charge in [-0.2, -0.15) is 0 Å². The van der Waals surface area contributed by atoms with Crippen molar-refractivity contribution in [3.05, 3.63) is 213 Å². The van der Waals surface area contributed by atoms with E-state index in [0.29, 0.717) is 0 Å². The first-order chi connectivity index (χ1) is 26.8. The summed E-state index contributed by atoms with van der Waals surface area (Å²) in [5, 5.41) is 5.25. The van der Waals surface area contributed by atoms with Crippen molar-refractivity contribution in [2.75, 3.05) is 4.90 Å². The Kier molecular flexibility index (Phi) is 7.74. The third-order valence-electron chi connectivity index (χ3n) is 10.6. The fourth-order valence-corrected chi connectivity index (χ4v) is 13.4. The number of hydrogen-bond donors (Lipinski definition) is 0. The zero-order valence-electron chi connectivity index (χ0n) is 29.4. The summed E-state index contributed by atoms with van der Waals surface area (Å²) >= 11 is 0. The van der Waals surface area contributed by atoms with Crippen molar-refractivity contribution in [1.29, 1.82) is 0 Å². The van der Waals surface area contributed by atoms with Gasteiger partial charge in [0.05, 0.1) is 0 Å². The topological polar surface area (TPSA) is 38.9 Å². The predicted octanol–water partition coefficient (Wildman–Crippen LogP) is 8.55. The van der Waals surface area contributed by atoms with E-state index >= 15 is 0 Å². The van der Waals surface area contributed by atoms with Crippen LogP contribution in [-0.2, 0) is 0 Å². The fourth-order valence-electron chi connectivity index (χ4n) is 8.28. The summed E-state index contributed by atoms with van der Waals surface area (Å²) in [7, 11) is -3.05. The lowest BCUT2D eigenvalue weighted by Gasteiger charge is -2.45. The van der Waals surface area contributed by atoms with Gasteiger partial charge in [-0.05, 0) is 81.4 Å². The van der Waals surface area contributed by atoms with Gasteiger partial charge in [-0.3, -0.25) is 9.13 Å². The minimum Gasteiger partial charge on any atom is -0.311 e. The number of imidazole rings is 2. The summed E-state index contributed by atoms with van der Waals surface area (Å²) in [5.74, 6) is 1.82. The molecule has 3 heterocycles. The Hall–Kier alpha value is -7.02. The molecule has 0 radical (unpaired) electrons. The first-order valence-corrected chi connectivity index (χ1v) is 20.2. The van der Waals surface area contributed by atoms with Crippen molar-refractivity contribution in [2.45, 2.75) is 0 Å². The molecule has 7 aromatic carbocycles. The zero-order chi connectivity index (χ0) is 35.9. The molecule has 1 unspecified atom stereocenters. The second-order valence-corrected chi connectivity index (χ2v) is 17.3. The number of fused-ring (bicyclic) bond motifs is 2. The van der Waals surface area contributed by atoms with Crippen LogP contribution < -0.4 is 25.6 Å². The van der Waals surface area contributed by atoms with E-state index < -0.39 is 8.07 Å². The number of benzene rings is 7. The third kappa shape index (κ3) is 5.07. The first-order valence-electron chi connectivity index (χ1n) is 18.2. The van der Waals surface area contributed by atoms with Crippen LogP contribution in [0.25, 0.3) is 34.2 Å². The molecule has 0 aliphatic carbocycles. The van der Waals surface area contributed by atoms with Gasteiger partial charge in [0.25, 0.3) is 0 Å². The lowest BCUT2D eigenvalue weighted by atomic mass is 10.1. The predicted molar refractivity (Wildman–Crippen MR) is 223 cm³/mol. The highest BCUT2D eigenvalue weighted by Crippen LogP contribution is 2.39. The van der Waals surface area contributed by atoms with Crippen LogP contribution in [0, 0.1) is 0 Å². The molecule has 2 aromatic heterocycles. The maximum atomic E-state index is 4.97. The van der Waals surface area contributed by atoms with Gasteiger partial charge in [-0.1, -0.05) is 127 Å². The van der Waals surface area contributed by atoms with Crippen molar-refractivity contribution in [3.8, 4) is 34.2 Å². The minimum atomic E-state index is -3.05. The molecule has 0 saturated heterocycles. The van der Waals surface area contributed by atoms with E-state index in [1.54, 1.807) is 0 Å². The Bertz CT molecular complexity index is 2720. The fraction of sp³-hybridized carbons (Fsp3) is 0. The Morgan fingerprint density at radius 1 is 0.370 bits per heavy atom. The van der Waals surface area contributed by atoms with E-state index in [2.05, 4.69) is 202 Å². The summed E-state index contributed by atoms with van der Waals surface area (Å²) in [6.07, 6.45) is 7.89. The molecule has 1 aliphatic heterocycles. The molecule has 10 rings (SSSR count). The van der Waals surface area contributed by atoms with Gasteiger partial charge in [0.1, 0.15) is 11.6 Å². The van der Waals surface area contributed by atoms with Gasteiger partial charge in [-0.15, -0.1) is 0 Å². The van der Waals surface area contributed by atoms with Crippen molar-refractivity contribution >= 4 is 45.9 Å². The monoisotopic (exact) mass is 709 g/mol. The van der Waals surface area contributed by atoms with Crippen LogP contribution in [0.1, 0.15) is 0 Å². The normalized spacial score (nSPS) is 14.7. The number of hydrogen-bond acceptors (Lipinski definition) is 3. The molecule has 1 atom stereocenters. The van der Waals surface area contributed by atoms with Gasteiger partial charge in [0.2, 0.25) is 0 Å². The Balaban J connectivity index is 1.28. The largest absolute Gasteiger partial charge is 0.311 e. The van der Waals surface area contributed by atoms with Crippen LogP contribution in [0.15, 0.2) is 213 Å². The molecule has 0 amide bonds. The maximum Gasteiger partial charge on any atom is 0.184 e. The van der Waals surface area contributed by atoms with E-state index in [4.69, 9.17) is 9.97 Å². The third-order valence-corrected chi connectivity index (χ3v) is 15.4. The van der Waals surface area contributed by atoms with Crippen LogP contribution in [-0.4, -0.2) is 27.2 Å². The van der Waals surface area contributed by atoms with E-state index in [0.717, 1.165) is 39.8 Å². The summed E-state index contributed by atoms with van der Waals surface area (Å²) < 4.78 is 4.36. The molecular formula is C48H35N5Si. The van der Waals surface area contributed by atoms with E-state index in [1.807, 2.05) is 24.7 Å². The van der Waals surface area contributed by atoms with Gasteiger partial charge < -0.3 is 4.90 Å². The number of rotatable bonds is 7.